The van der Waals surface area contributed by atoms with E-state index in [2.05, 4.69) is 0 Å². The van der Waals surface area contributed by atoms with Gasteiger partial charge in [-0.2, -0.15) is 0 Å². The molecule has 0 saturated carbocycles. The Kier molecular flexibility index (Phi) is 3.48. The summed E-state index contributed by atoms with van der Waals surface area (Å²) in [6, 6.07) is 6.90. The summed E-state index contributed by atoms with van der Waals surface area (Å²) in [5.74, 6) is -1.11. The van der Waals surface area contributed by atoms with Gasteiger partial charge in [-0.25, -0.2) is 4.79 Å². The lowest BCUT2D eigenvalue weighted by Gasteiger charge is -2.15. The molecule has 0 N–H and O–H groups in total. The number of hydrogen-bond donors (Lipinski definition) is 0. The molecule has 0 aliphatic rings. The van der Waals surface area contributed by atoms with Gasteiger partial charge in [0.1, 0.15) is 0 Å². The Morgan fingerprint density at radius 3 is 2.00 bits per heavy atom. The summed E-state index contributed by atoms with van der Waals surface area (Å²) in [7, 11) is 0. The molecule has 0 amide bonds. The van der Waals surface area contributed by atoms with Gasteiger partial charge in [0, 0.05) is 0 Å². The van der Waals surface area contributed by atoms with E-state index < -0.39 is 17.4 Å². The Labute approximate surface area is 95.4 Å². The molecule has 0 radical (unpaired) electrons. The van der Waals surface area contributed by atoms with Crippen molar-refractivity contribution in [3.63, 3.8) is 0 Å². The summed E-state index contributed by atoms with van der Waals surface area (Å²) in [6.07, 6.45) is 0. The number of aryl methyl sites for hydroxylation is 1. The first kappa shape index (κ1) is 12.4. The molecule has 0 fully saturated rings. The van der Waals surface area contributed by atoms with Crippen molar-refractivity contribution < 1.29 is 14.3 Å². The van der Waals surface area contributed by atoms with Gasteiger partial charge < -0.3 is 4.74 Å². The smallest absolute Gasteiger partial charge is 0.345 e. The molecule has 0 aromatic heterocycles. The van der Waals surface area contributed by atoms with Crippen LogP contribution in [0.5, 0.6) is 0 Å². The molecule has 1 aromatic carbocycles. The van der Waals surface area contributed by atoms with E-state index >= 15 is 0 Å². The lowest BCUT2D eigenvalue weighted by atomic mass is 9.97. The highest BCUT2D eigenvalue weighted by molar-refractivity contribution is 5.97. The van der Waals surface area contributed by atoms with Gasteiger partial charge in [0.2, 0.25) is 0 Å². The number of benzene rings is 1. The van der Waals surface area contributed by atoms with Crippen LogP contribution in [0.4, 0.5) is 0 Å². The summed E-state index contributed by atoms with van der Waals surface area (Å²) in [6.45, 7) is 7.04. The maximum absolute atomic E-state index is 11.6. The molecule has 86 valence electrons. The summed E-state index contributed by atoms with van der Waals surface area (Å²) < 4.78 is 4.76. The standard InChI is InChI=1S/C13H16O3/c1-9-5-7-10(8-6-9)11(14)16-12(15)13(2,3)4/h5-8H,1-4H3. The first-order chi connectivity index (χ1) is 7.30. The highest BCUT2D eigenvalue weighted by atomic mass is 16.6. The Hall–Kier alpha value is -1.64. The van der Waals surface area contributed by atoms with Gasteiger partial charge in [0.05, 0.1) is 11.0 Å². The van der Waals surface area contributed by atoms with Gasteiger partial charge in [-0.05, 0) is 39.8 Å². The minimum absolute atomic E-state index is 0.392. The minimum atomic E-state index is -0.666. The van der Waals surface area contributed by atoms with Crippen molar-refractivity contribution in [2.75, 3.05) is 0 Å². The van der Waals surface area contributed by atoms with Crippen LogP contribution in [0.1, 0.15) is 36.7 Å². The molecule has 0 heterocycles. The van der Waals surface area contributed by atoms with Crippen LogP contribution in [0.3, 0.4) is 0 Å². The third-order valence-electron chi connectivity index (χ3n) is 2.09. The van der Waals surface area contributed by atoms with E-state index in [9.17, 15) is 9.59 Å². The fourth-order valence-corrected chi connectivity index (χ4v) is 0.986. The normalized spacial score (nSPS) is 11.0. The van der Waals surface area contributed by atoms with E-state index in [1.54, 1.807) is 45.0 Å². The monoisotopic (exact) mass is 220 g/mol. The first-order valence-electron chi connectivity index (χ1n) is 5.14. The van der Waals surface area contributed by atoms with Crippen molar-refractivity contribution >= 4 is 11.9 Å². The molecular weight excluding hydrogens is 204 g/mol. The van der Waals surface area contributed by atoms with Crippen molar-refractivity contribution in [2.45, 2.75) is 27.7 Å². The van der Waals surface area contributed by atoms with Crippen LogP contribution in [-0.2, 0) is 9.53 Å². The van der Waals surface area contributed by atoms with Crippen molar-refractivity contribution in [1.82, 2.24) is 0 Å². The number of esters is 2. The van der Waals surface area contributed by atoms with Crippen LogP contribution >= 0.6 is 0 Å². The van der Waals surface area contributed by atoms with E-state index in [-0.39, 0.29) is 0 Å². The van der Waals surface area contributed by atoms with Crippen LogP contribution in [0.15, 0.2) is 24.3 Å². The van der Waals surface area contributed by atoms with Gasteiger partial charge in [-0.15, -0.1) is 0 Å². The lowest BCUT2D eigenvalue weighted by Crippen LogP contribution is -2.25. The van der Waals surface area contributed by atoms with Crippen molar-refractivity contribution in [1.29, 1.82) is 0 Å². The maximum Gasteiger partial charge on any atom is 0.345 e. The van der Waals surface area contributed by atoms with Gasteiger partial charge >= 0.3 is 11.9 Å². The van der Waals surface area contributed by atoms with E-state index in [4.69, 9.17) is 4.74 Å². The second kappa shape index (κ2) is 4.47. The predicted octanol–water partition coefficient (Wildman–Crippen LogP) is 2.72. The average Bonchev–Trinajstić information content (AvgIpc) is 2.17. The SMILES string of the molecule is Cc1ccc(C(=O)OC(=O)C(C)(C)C)cc1. The van der Waals surface area contributed by atoms with Gasteiger partial charge in [0.15, 0.2) is 0 Å². The molecule has 3 nitrogen and oxygen atoms in total. The lowest BCUT2D eigenvalue weighted by molar-refractivity contribution is -0.146. The third-order valence-corrected chi connectivity index (χ3v) is 2.09. The van der Waals surface area contributed by atoms with E-state index in [0.717, 1.165) is 5.56 Å². The zero-order valence-electron chi connectivity index (χ0n) is 10.0. The van der Waals surface area contributed by atoms with Crippen molar-refractivity contribution in [2.24, 2.45) is 5.41 Å². The molecule has 0 bridgehead atoms. The first-order valence-corrected chi connectivity index (χ1v) is 5.14. The number of rotatable bonds is 1. The van der Waals surface area contributed by atoms with Crippen LogP contribution in [-0.4, -0.2) is 11.9 Å². The Morgan fingerprint density at radius 1 is 1.06 bits per heavy atom. The van der Waals surface area contributed by atoms with Crippen molar-refractivity contribution in [3.05, 3.63) is 35.4 Å². The number of carbonyl (C=O) groups is 2. The topological polar surface area (TPSA) is 43.4 Å². The maximum atomic E-state index is 11.6. The largest absolute Gasteiger partial charge is 0.389 e. The fourth-order valence-electron chi connectivity index (χ4n) is 0.986. The molecule has 1 aromatic rings. The number of hydrogen-bond acceptors (Lipinski definition) is 3. The van der Waals surface area contributed by atoms with Crippen molar-refractivity contribution in [3.8, 4) is 0 Å². The summed E-state index contributed by atoms with van der Waals surface area (Å²) in [4.78, 5) is 23.0. The highest BCUT2D eigenvalue weighted by Crippen LogP contribution is 2.16. The summed E-state index contributed by atoms with van der Waals surface area (Å²) in [5, 5.41) is 0. The molecule has 0 spiro atoms. The van der Waals surface area contributed by atoms with E-state index in [1.165, 1.54) is 0 Å². The fraction of sp³-hybridized carbons (Fsp3) is 0.385. The Balaban J connectivity index is 2.74. The van der Waals surface area contributed by atoms with Gasteiger partial charge in [-0.1, -0.05) is 17.7 Å². The molecular formula is C13H16O3. The molecule has 0 aliphatic heterocycles. The molecule has 0 aliphatic carbocycles. The third kappa shape index (κ3) is 3.19. The summed E-state index contributed by atoms with van der Waals surface area (Å²) >= 11 is 0. The van der Waals surface area contributed by atoms with Crippen LogP contribution in [0.25, 0.3) is 0 Å². The molecule has 0 unspecified atom stereocenters. The number of carbonyl (C=O) groups excluding carboxylic acids is 2. The molecule has 0 saturated heterocycles. The van der Waals surface area contributed by atoms with Gasteiger partial charge in [0.25, 0.3) is 0 Å². The average molecular weight is 220 g/mol. The summed E-state index contributed by atoms with van der Waals surface area (Å²) in [5.41, 5.74) is 0.780. The Morgan fingerprint density at radius 2 is 1.56 bits per heavy atom. The van der Waals surface area contributed by atoms with E-state index in [0.29, 0.717) is 5.56 Å². The zero-order valence-corrected chi connectivity index (χ0v) is 10.0. The Bertz CT molecular complexity index is 396. The highest BCUT2D eigenvalue weighted by Gasteiger charge is 2.26. The van der Waals surface area contributed by atoms with Crippen LogP contribution < -0.4 is 0 Å². The molecule has 0 atom stereocenters. The van der Waals surface area contributed by atoms with Crippen LogP contribution in [0.2, 0.25) is 0 Å². The second-order valence-corrected chi connectivity index (χ2v) is 4.79. The molecule has 3 heteroatoms. The zero-order chi connectivity index (χ0) is 12.3. The molecule has 1 rings (SSSR count). The number of ether oxygens (including phenoxy) is 1. The van der Waals surface area contributed by atoms with E-state index in [1.807, 2.05) is 6.92 Å². The quantitative estimate of drug-likeness (QED) is 0.540. The van der Waals surface area contributed by atoms with Crippen LogP contribution in [0, 0.1) is 12.3 Å². The minimum Gasteiger partial charge on any atom is -0.389 e. The second-order valence-electron chi connectivity index (χ2n) is 4.79. The molecule has 16 heavy (non-hydrogen) atoms. The predicted molar refractivity (Wildman–Crippen MR) is 61.1 cm³/mol. The van der Waals surface area contributed by atoms with Gasteiger partial charge in [-0.3, -0.25) is 4.79 Å².